The minimum Gasteiger partial charge on any atom is -0.310 e. The Hall–Kier alpha value is 0.0900. The molecule has 0 radical (unpaired) electrons. The molecule has 19 heavy (non-hydrogen) atoms. The number of benzene rings is 1. The standard InChI is InChI=1S/C13H17Br2NO2S/c1-9(12-3-2-11(14)6-13(12)15)16-7-10-4-5-19(17,18)8-10/h2-3,6,9-10,16H,4-5,7-8H2,1H3. The van der Waals surface area contributed by atoms with Gasteiger partial charge in [0.15, 0.2) is 9.84 Å². The van der Waals surface area contributed by atoms with Gasteiger partial charge in [-0.3, -0.25) is 0 Å². The third kappa shape index (κ3) is 4.28. The molecule has 0 bridgehead atoms. The molecule has 106 valence electrons. The maximum Gasteiger partial charge on any atom is 0.150 e. The van der Waals surface area contributed by atoms with Gasteiger partial charge in [-0.25, -0.2) is 8.42 Å². The molecule has 0 aromatic heterocycles. The van der Waals surface area contributed by atoms with Gasteiger partial charge >= 0.3 is 0 Å². The first-order valence-corrected chi connectivity index (χ1v) is 9.67. The summed E-state index contributed by atoms with van der Waals surface area (Å²) in [6.07, 6.45) is 0.781. The van der Waals surface area contributed by atoms with Crippen molar-refractivity contribution in [1.29, 1.82) is 0 Å². The summed E-state index contributed by atoms with van der Waals surface area (Å²) in [5.74, 6) is 0.922. The van der Waals surface area contributed by atoms with Crippen LogP contribution < -0.4 is 5.32 Å². The monoisotopic (exact) mass is 409 g/mol. The lowest BCUT2D eigenvalue weighted by Gasteiger charge is -2.18. The summed E-state index contributed by atoms with van der Waals surface area (Å²) < 4.78 is 24.9. The van der Waals surface area contributed by atoms with E-state index in [0.717, 1.165) is 21.9 Å². The molecular weight excluding hydrogens is 394 g/mol. The molecule has 1 N–H and O–H groups in total. The zero-order valence-electron chi connectivity index (χ0n) is 10.7. The maximum absolute atomic E-state index is 11.4. The molecule has 1 saturated heterocycles. The molecule has 1 fully saturated rings. The highest BCUT2D eigenvalue weighted by atomic mass is 79.9. The highest BCUT2D eigenvalue weighted by Crippen LogP contribution is 2.27. The molecular formula is C13H17Br2NO2S. The Kier molecular flexibility index (Phi) is 5.09. The molecule has 0 saturated carbocycles. The van der Waals surface area contributed by atoms with Crippen LogP contribution in [0.5, 0.6) is 0 Å². The van der Waals surface area contributed by atoms with Crippen molar-refractivity contribution in [2.75, 3.05) is 18.1 Å². The Morgan fingerprint density at radius 2 is 2.16 bits per heavy atom. The molecule has 0 amide bonds. The maximum atomic E-state index is 11.4. The number of halogens is 2. The van der Waals surface area contributed by atoms with E-state index in [9.17, 15) is 8.42 Å². The van der Waals surface area contributed by atoms with Crippen LogP contribution in [-0.2, 0) is 9.84 Å². The van der Waals surface area contributed by atoms with Crippen molar-refractivity contribution in [1.82, 2.24) is 5.32 Å². The van der Waals surface area contributed by atoms with E-state index in [1.807, 2.05) is 12.1 Å². The fraction of sp³-hybridized carbons (Fsp3) is 0.538. The van der Waals surface area contributed by atoms with E-state index in [-0.39, 0.29) is 12.0 Å². The van der Waals surface area contributed by atoms with Crippen LogP contribution in [0, 0.1) is 5.92 Å². The van der Waals surface area contributed by atoms with Gasteiger partial charge in [-0.05, 0) is 43.5 Å². The molecule has 0 aliphatic carbocycles. The second-order valence-corrected chi connectivity index (χ2v) is 9.06. The van der Waals surface area contributed by atoms with Crippen LogP contribution >= 0.6 is 31.9 Å². The fourth-order valence-corrected chi connectivity index (χ4v) is 5.59. The Morgan fingerprint density at radius 3 is 2.74 bits per heavy atom. The average Bonchev–Trinajstić information content (AvgIpc) is 2.66. The van der Waals surface area contributed by atoms with E-state index >= 15 is 0 Å². The van der Waals surface area contributed by atoms with Gasteiger partial charge in [0.2, 0.25) is 0 Å². The van der Waals surface area contributed by atoms with E-state index in [2.05, 4.69) is 50.2 Å². The van der Waals surface area contributed by atoms with Crippen molar-refractivity contribution in [2.24, 2.45) is 5.92 Å². The minimum atomic E-state index is -2.78. The van der Waals surface area contributed by atoms with Gasteiger partial charge in [-0.15, -0.1) is 0 Å². The van der Waals surface area contributed by atoms with Gasteiger partial charge in [0.05, 0.1) is 11.5 Å². The van der Waals surface area contributed by atoms with Crippen LogP contribution in [0.15, 0.2) is 27.1 Å². The Bertz CT molecular complexity index is 560. The van der Waals surface area contributed by atoms with Crippen LogP contribution in [-0.4, -0.2) is 26.5 Å². The molecule has 1 aromatic rings. The molecule has 1 heterocycles. The van der Waals surface area contributed by atoms with Crippen LogP contribution in [0.2, 0.25) is 0 Å². The van der Waals surface area contributed by atoms with Crippen molar-refractivity contribution in [2.45, 2.75) is 19.4 Å². The Balaban J connectivity index is 1.93. The molecule has 2 unspecified atom stereocenters. The second-order valence-electron chi connectivity index (χ2n) is 5.06. The van der Waals surface area contributed by atoms with Gasteiger partial charge in [0, 0.05) is 15.0 Å². The number of hydrogen-bond acceptors (Lipinski definition) is 3. The van der Waals surface area contributed by atoms with Crippen LogP contribution in [0.25, 0.3) is 0 Å². The molecule has 2 rings (SSSR count). The third-order valence-corrected chi connectivity index (χ3v) is 6.49. The number of nitrogens with one attached hydrogen (secondary N) is 1. The number of hydrogen-bond donors (Lipinski definition) is 1. The summed E-state index contributed by atoms with van der Waals surface area (Å²) in [5.41, 5.74) is 1.18. The first-order valence-electron chi connectivity index (χ1n) is 6.26. The van der Waals surface area contributed by atoms with E-state index in [0.29, 0.717) is 11.5 Å². The predicted molar refractivity (Wildman–Crippen MR) is 85.0 cm³/mol. The molecule has 1 aliphatic heterocycles. The lowest BCUT2D eigenvalue weighted by molar-refractivity contribution is 0.475. The lowest BCUT2D eigenvalue weighted by Crippen LogP contribution is -2.26. The summed E-state index contributed by atoms with van der Waals surface area (Å²) in [7, 11) is -2.78. The zero-order chi connectivity index (χ0) is 14.0. The SMILES string of the molecule is CC(NCC1CCS(=O)(=O)C1)c1ccc(Br)cc1Br. The van der Waals surface area contributed by atoms with Crippen molar-refractivity contribution in [3.8, 4) is 0 Å². The first-order chi connectivity index (χ1) is 8.87. The number of sulfone groups is 1. The molecule has 3 nitrogen and oxygen atoms in total. The first kappa shape index (κ1) is 15.5. The van der Waals surface area contributed by atoms with Crippen molar-refractivity contribution >= 4 is 41.7 Å². The van der Waals surface area contributed by atoms with Gasteiger partial charge in [-0.2, -0.15) is 0 Å². The van der Waals surface area contributed by atoms with Gasteiger partial charge in [-0.1, -0.05) is 37.9 Å². The molecule has 1 aromatic carbocycles. The highest BCUT2D eigenvalue weighted by Gasteiger charge is 2.27. The number of rotatable bonds is 4. The second kappa shape index (κ2) is 6.24. The fourth-order valence-electron chi connectivity index (χ4n) is 2.34. The summed E-state index contributed by atoms with van der Waals surface area (Å²) in [5, 5.41) is 3.43. The van der Waals surface area contributed by atoms with Gasteiger partial charge < -0.3 is 5.32 Å². The quantitative estimate of drug-likeness (QED) is 0.828. The molecule has 1 aliphatic rings. The smallest absolute Gasteiger partial charge is 0.150 e. The van der Waals surface area contributed by atoms with Crippen LogP contribution in [0.1, 0.15) is 24.9 Å². The Morgan fingerprint density at radius 1 is 1.42 bits per heavy atom. The van der Waals surface area contributed by atoms with Gasteiger partial charge in [0.1, 0.15) is 0 Å². The minimum absolute atomic E-state index is 0.200. The van der Waals surface area contributed by atoms with Crippen LogP contribution in [0.3, 0.4) is 0 Å². The summed E-state index contributed by atoms with van der Waals surface area (Å²) in [6, 6.07) is 6.30. The largest absolute Gasteiger partial charge is 0.310 e. The summed E-state index contributed by atoms with van der Waals surface area (Å²) in [6.45, 7) is 2.85. The van der Waals surface area contributed by atoms with E-state index < -0.39 is 9.84 Å². The van der Waals surface area contributed by atoms with E-state index in [4.69, 9.17) is 0 Å². The average molecular weight is 411 g/mol. The summed E-state index contributed by atoms with van der Waals surface area (Å²) in [4.78, 5) is 0. The Labute approximate surface area is 131 Å². The van der Waals surface area contributed by atoms with E-state index in [1.165, 1.54) is 5.56 Å². The van der Waals surface area contributed by atoms with Crippen molar-refractivity contribution < 1.29 is 8.42 Å². The molecule has 6 heteroatoms. The molecule has 2 atom stereocenters. The van der Waals surface area contributed by atoms with Gasteiger partial charge in [0.25, 0.3) is 0 Å². The molecule has 0 spiro atoms. The van der Waals surface area contributed by atoms with Crippen molar-refractivity contribution in [3.63, 3.8) is 0 Å². The lowest BCUT2D eigenvalue weighted by atomic mass is 10.1. The predicted octanol–water partition coefficient (Wildman–Crippen LogP) is 3.30. The van der Waals surface area contributed by atoms with Crippen LogP contribution in [0.4, 0.5) is 0 Å². The third-order valence-electron chi connectivity index (χ3n) is 3.47. The van der Waals surface area contributed by atoms with E-state index in [1.54, 1.807) is 0 Å². The topological polar surface area (TPSA) is 46.2 Å². The summed E-state index contributed by atoms with van der Waals surface area (Å²) >= 11 is 6.99. The van der Waals surface area contributed by atoms with Crippen molar-refractivity contribution in [3.05, 3.63) is 32.7 Å². The zero-order valence-corrected chi connectivity index (χ0v) is 14.7. The highest BCUT2D eigenvalue weighted by molar-refractivity contribution is 9.11. The normalized spacial score (nSPS) is 23.4.